The molecule has 0 bridgehead atoms. The number of anilines is 1. The third-order valence-electron chi connectivity index (χ3n) is 2.52. The minimum absolute atomic E-state index is 0.00703. The molecule has 1 fully saturated rings. The van der Waals surface area contributed by atoms with Gasteiger partial charge in [0.2, 0.25) is 5.95 Å². The van der Waals surface area contributed by atoms with E-state index in [1.165, 1.54) is 6.07 Å². The van der Waals surface area contributed by atoms with Crippen molar-refractivity contribution in [2.75, 3.05) is 12.3 Å². The summed E-state index contributed by atoms with van der Waals surface area (Å²) in [5.41, 5.74) is 5.23. The summed E-state index contributed by atoms with van der Waals surface area (Å²) in [6.07, 6.45) is -1.51. The van der Waals surface area contributed by atoms with E-state index >= 15 is 0 Å². The largest absolute Gasteiger partial charge is 0.394 e. The number of H-pyrrole nitrogens is 1. The van der Waals surface area contributed by atoms with Crippen LogP contribution < -0.4 is 11.3 Å². The zero-order chi connectivity index (χ0) is 13.1. The van der Waals surface area contributed by atoms with Crippen molar-refractivity contribution in [3.63, 3.8) is 0 Å². The van der Waals surface area contributed by atoms with Gasteiger partial charge in [-0.25, -0.2) is 4.98 Å². The average molecular weight is 251 g/mol. The summed E-state index contributed by atoms with van der Waals surface area (Å²) in [6, 6.07) is 1.22. The molecule has 2 heterocycles. The maximum Gasteiger partial charge on any atom is 0.253 e. The molecule has 1 saturated heterocycles. The van der Waals surface area contributed by atoms with Crippen molar-refractivity contribution >= 4 is 5.95 Å². The SMILES string of the molecule is Nc1nc(C#C[C@H]2C[C@H](O)[C@@H](CO)O2)cc(=O)[nH]1. The zero-order valence-electron chi connectivity index (χ0n) is 9.46. The molecule has 18 heavy (non-hydrogen) atoms. The molecule has 1 aromatic heterocycles. The number of hydrogen-bond donors (Lipinski definition) is 4. The summed E-state index contributed by atoms with van der Waals surface area (Å²) in [5.74, 6) is 5.38. The molecule has 2 rings (SSSR count). The monoisotopic (exact) mass is 251 g/mol. The van der Waals surface area contributed by atoms with Crippen molar-refractivity contribution in [2.45, 2.75) is 24.7 Å². The van der Waals surface area contributed by atoms with Gasteiger partial charge in [0.15, 0.2) is 0 Å². The lowest BCUT2D eigenvalue weighted by Crippen LogP contribution is -2.24. The summed E-state index contributed by atoms with van der Waals surface area (Å²) >= 11 is 0. The predicted octanol–water partition coefficient (Wildman–Crippen LogP) is -1.79. The molecule has 1 aliphatic heterocycles. The summed E-state index contributed by atoms with van der Waals surface area (Å²) < 4.78 is 5.29. The topological polar surface area (TPSA) is 121 Å². The molecule has 7 heteroatoms. The van der Waals surface area contributed by atoms with Crippen LogP contribution in [0.15, 0.2) is 10.9 Å². The van der Waals surface area contributed by atoms with Gasteiger partial charge in [-0.3, -0.25) is 9.78 Å². The fourth-order valence-electron chi connectivity index (χ4n) is 1.68. The fourth-order valence-corrected chi connectivity index (χ4v) is 1.68. The Morgan fingerprint density at radius 3 is 3.06 bits per heavy atom. The third kappa shape index (κ3) is 2.87. The average Bonchev–Trinajstić information content (AvgIpc) is 2.66. The summed E-state index contributed by atoms with van der Waals surface area (Å²) in [4.78, 5) is 17.2. The maximum atomic E-state index is 11.1. The minimum atomic E-state index is -0.730. The lowest BCUT2D eigenvalue weighted by Gasteiger charge is -2.08. The molecule has 0 saturated carbocycles. The molecular weight excluding hydrogens is 238 g/mol. The highest BCUT2D eigenvalue weighted by atomic mass is 16.5. The van der Waals surface area contributed by atoms with Crippen LogP contribution in [0, 0.1) is 11.8 Å². The number of nitrogens with two attached hydrogens (primary N) is 1. The summed E-state index contributed by atoms with van der Waals surface area (Å²) in [5, 5.41) is 18.4. The number of aromatic amines is 1. The summed E-state index contributed by atoms with van der Waals surface area (Å²) in [6.45, 7) is -0.254. The second-order valence-electron chi connectivity index (χ2n) is 3.93. The van der Waals surface area contributed by atoms with Gasteiger partial charge in [0.25, 0.3) is 5.56 Å². The summed E-state index contributed by atoms with van der Waals surface area (Å²) in [7, 11) is 0. The second-order valence-corrected chi connectivity index (χ2v) is 3.93. The first-order valence-corrected chi connectivity index (χ1v) is 5.41. The van der Waals surface area contributed by atoms with Crippen LogP contribution in [0.1, 0.15) is 12.1 Å². The van der Waals surface area contributed by atoms with Crippen LogP contribution in [0.5, 0.6) is 0 Å². The van der Waals surface area contributed by atoms with Gasteiger partial charge in [-0.1, -0.05) is 5.92 Å². The Morgan fingerprint density at radius 1 is 1.67 bits per heavy atom. The van der Waals surface area contributed by atoms with Crippen LogP contribution in [-0.2, 0) is 4.74 Å². The maximum absolute atomic E-state index is 11.1. The van der Waals surface area contributed by atoms with Gasteiger partial charge < -0.3 is 20.7 Å². The number of rotatable bonds is 1. The smallest absolute Gasteiger partial charge is 0.253 e. The molecule has 1 aliphatic rings. The van der Waals surface area contributed by atoms with E-state index in [4.69, 9.17) is 15.6 Å². The minimum Gasteiger partial charge on any atom is -0.394 e. The Balaban J connectivity index is 2.11. The van der Waals surface area contributed by atoms with Crippen molar-refractivity contribution in [1.29, 1.82) is 0 Å². The molecule has 0 aromatic carbocycles. The van der Waals surface area contributed by atoms with Gasteiger partial charge in [0, 0.05) is 12.5 Å². The first-order chi connectivity index (χ1) is 8.58. The molecule has 3 atom stereocenters. The molecule has 0 radical (unpaired) electrons. The normalized spacial score (nSPS) is 26.7. The lowest BCUT2D eigenvalue weighted by molar-refractivity contribution is -0.00869. The number of nitrogens with zero attached hydrogens (tertiary/aromatic N) is 1. The first kappa shape index (κ1) is 12.6. The van der Waals surface area contributed by atoms with Crippen LogP contribution >= 0.6 is 0 Å². The molecular formula is C11H13N3O4. The second kappa shape index (κ2) is 5.18. The lowest BCUT2D eigenvalue weighted by atomic mass is 10.1. The van der Waals surface area contributed by atoms with E-state index in [2.05, 4.69) is 21.8 Å². The van der Waals surface area contributed by atoms with E-state index < -0.39 is 18.3 Å². The Kier molecular flexibility index (Phi) is 3.62. The Bertz CT molecular complexity index is 545. The molecule has 96 valence electrons. The predicted molar refractivity (Wildman–Crippen MR) is 62.5 cm³/mol. The molecule has 1 aromatic rings. The first-order valence-electron chi connectivity index (χ1n) is 5.41. The van der Waals surface area contributed by atoms with Gasteiger partial charge in [-0.2, -0.15) is 0 Å². The molecule has 5 N–H and O–H groups in total. The van der Waals surface area contributed by atoms with Gasteiger partial charge in [0.05, 0.1) is 12.7 Å². The number of hydrogen-bond acceptors (Lipinski definition) is 6. The van der Waals surface area contributed by atoms with Gasteiger partial charge in [-0.15, -0.1) is 0 Å². The van der Waals surface area contributed by atoms with Crippen LogP contribution in [0.2, 0.25) is 0 Å². The van der Waals surface area contributed by atoms with Crippen molar-refractivity contribution in [3.05, 3.63) is 22.1 Å². The number of nitrogens with one attached hydrogen (secondary N) is 1. The third-order valence-corrected chi connectivity index (χ3v) is 2.52. The zero-order valence-corrected chi connectivity index (χ0v) is 9.46. The van der Waals surface area contributed by atoms with Crippen molar-refractivity contribution in [1.82, 2.24) is 9.97 Å². The highest BCUT2D eigenvalue weighted by Gasteiger charge is 2.32. The van der Waals surface area contributed by atoms with Crippen molar-refractivity contribution in [2.24, 2.45) is 0 Å². The highest BCUT2D eigenvalue weighted by Crippen LogP contribution is 2.19. The number of aromatic nitrogens is 2. The Labute approximate surface area is 103 Å². The van der Waals surface area contributed by atoms with Crippen LogP contribution in [0.4, 0.5) is 5.95 Å². The number of nitrogen functional groups attached to an aromatic ring is 1. The number of ether oxygens (including phenoxy) is 1. The van der Waals surface area contributed by atoms with Crippen LogP contribution in [0.25, 0.3) is 0 Å². The molecule has 7 nitrogen and oxygen atoms in total. The van der Waals surface area contributed by atoms with Crippen LogP contribution in [0.3, 0.4) is 0 Å². The number of aliphatic hydroxyl groups excluding tert-OH is 2. The quantitative estimate of drug-likeness (QED) is 0.437. The molecule has 0 unspecified atom stereocenters. The fraction of sp³-hybridized carbons (Fsp3) is 0.455. The van der Waals surface area contributed by atoms with Crippen molar-refractivity contribution in [3.8, 4) is 11.8 Å². The molecule has 0 spiro atoms. The standard InChI is InChI=1S/C11H13N3O4/c12-11-13-6(3-10(17)14-11)1-2-7-4-8(16)9(5-15)18-7/h3,7-9,15-16H,4-5H2,(H3,12,13,14,17)/t7-,8-,9+/m0/s1. The van der Waals surface area contributed by atoms with Gasteiger partial charge in [-0.05, 0) is 5.92 Å². The van der Waals surface area contributed by atoms with E-state index in [0.717, 1.165) is 0 Å². The van der Waals surface area contributed by atoms with E-state index in [-0.39, 0.29) is 23.8 Å². The van der Waals surface area contributed by atoms with E-state index in [1.54, 1.807) is 0 Å². The van der Waals surface area contributed by atoms with E-state index in [1.807, 2.05) is 0 Å². The van der Waals surface area contributed by atoms with Gasteiger partial charge >= 0.3 is 0 Å². The van der Waals surface area contributed by atoms with Crippen molar-refractivity contribution < 1.29 is 14.9 Å². The van der Waals surface area contributed by atoms with E-state index in [0.29, 0.717) is 6.42 Å². The van der Waals surface area contributed by atoms with Crippen LogP contribution in [-0.4, -0.2) is 45.1 Å². The number of aliphatic hydroxyl groups is 2. The molecule has 0 amide bonds. The highest BCUT2D eigenvalue weighted by molar-refractivity contribution is 5.31. The Morgan fingerprint density at radius 2 is 2.44 bits per heavy atom. The van der Waals surface area contributed by atoms with E-state index in [9.17, 15) is 9.90 Å². The molecule has 0 aliphatic carbocycles. The van der Waals surface area contributed by atoms with Gasteiger partial charge in [0.1, 0.15) is 17.9 Å². The Hall–Kier alpha value is -1.88.